The predicted octanol–water partition coefficient (Wildman–Crippen LogP) is 1.61. The van der Waals surface area contributed by atoms with Crippen molar-refractivity contribution < 1.29 is 0 Å². The summed E-state index contributed by atoms with van der Waals surface area (Å²) < 4.78 is 0. The molecule has 0 bridgehead atoms. The Kier molecular flexibility index (Phi) is 3.40. The molecule has 3 nitrogen and oxygen atoms in total. The summed E-state index contributed by atoms with van der Waals surface area (Å²) in [5.41, 5.74) is 5.78. The first-order chi connectivity index (χ1) is 5.74. The van der Waals surface area contributed by atoms with Gasteiger partial charge in [0.1, 0.15) is 0 Å². The van der Waals surface area contributed by atoms with Crippen LogP contribution >= 0.6 is 11.3 Å². The summed E-state index contributed by atoms with van der Waals surface area (Å²) in [6.45, 7) is 4.09. The third-order valence-corrected chi connectivity index (χ3v) is 2.30. The smallest absolute Gasteiger partial charge is 0.0795 e. The zero-order valence-corrected chi connectivity index (χ0v) is 8.06. The standard InChI is InChI=1S/C8H13N3S/c1-6(2)3-7(11-9)8-4-10-5-12-8/h3-5,7,11H,9H2,1-2H3. The van der Waals surface area contributed by atoms with Crippen molar-refractivity contribution >= 4 is 11.3 Å². The normalized spacial score (nSPS) is 12.6. The first-order valence-electron chi connectivity index (χ1n) is 3.73. The topological polar surface area (TPSA) is 50.9 Å². The third-order valence-electron chi connectivity index (χ3n) is 1.44. The Balaban J connectivity index is 2.77. The van der Waals surface area contributed by atoms with Gasteiger partial charge in [-0.2, -0.15) is 0 Å². The second-order valence-electron chi connectivity index (χ2n) is 2.79. The largest absolute Gasteiger partial charge is 0.271 e. The van der Waals surface area contributed by atoms with Crippen LogP contribution in [0.15, 0.2) is 23.4 Å². The molecular weight excluding hydrogens is 170 g/mol. The highest BCUT2D eigenvalue weighted by atomic mass is 32.1. The van der Waals surface area contributed by atoms with E-state index in [-0.39, 0.29) is 6.04 Å². The molecule has 4 heteroatoms. The Morgan fingerprint density at radius 1 is 1.75 bits per heavy atom. The third kappa shape index (κ3) is 2.41. The van der Waals surface area contributed by atoms with E-state index >= 15 is 0 Å². The van der Waals surface area contributed by atoms with Crippen molar-refractivity contribution in [2.75, 3.05) is 0 Å². The van der Waals surface area contributed by atoms with E-state index in [2.05, 4.69) is 16.5 Å². The SMILES string of the molecule is CC(C)=CC(NN)c1cncs1. The maximum absolute atomic E-state index is 5.40. The van der Waals surface area contributed by atoms with Crippen molar-refractivity contribution in [1.29, 1.82) is 0 Å². The van der Waals surface area contributed by atoms with E-state index in [1.165, 1.54) is 5.57 Å². The molecule has 0 aliphatic carbocycles. The van der Waals surface area contributed by atoms with Gasteiger partial charge >= 0.3 is 0 Å². The van der Waals surface area contributed by atoms with Crippen molar-refractivity contribution in [2.45, 2.75) is 19.9 Å². The first-order valence-corrected chi connectivity index (χ1v) is 4.61. The lowest BCUT2D eigenvalue weighted by atomic mass is 10.2. The molecule has 0 aliphatic heterocycles. The molecule has 0 saturated carbocycles. The van der Waals surface area contributed by atoms with Crippen molar-refractivity contribution in [3.63, 3.8) is 0 Å². The van der Waals surface area contributed by atoms with Gasteiger partial charge in [-0.1, -0.05) is 11.6 Å². The number of thiazole rings is 1. The number of hydrazine groups is 1. The lowest BCUT2D eigenvalue weighted by molar-refractivity contribution is 0.660. The van der Waals surface area contributed by atoms with Crippen molar-refractivity contribution in [3.05, 3.63) is 28.2 Å². The zero-order valence-electron chi connectivity index (χ0n) is 7.24. The Morgan fingerprint density at radius 2 is 2.50 bits per heavy atom. The Morgan fingerprint density at radius 3 is 2.92 bits per heavy atom. The fraction of sp³-hybridized carbons (Fsp3) is 0.375. The number of rotatable bonds is 3. The molecular formula is C8H13N3S. The molecule has 1 aromatic heterocycles. The van der Waals surface area contributed by atoms with Crippen LogP contribution in [-0.4, -0.2) is 4.98 Å². The van der Waals surface area contributed by atoms with Crippen LogP contribution < -0.4 is 11.3 Å². The Bertz CT molecular complexity index is 249. The van der Waals surface area contributed by atoms with Crippen LogP contribution in [0.4, 0.5) is 0 Å². The second kappa shape index (κ2) is 4.35. The number of hydrogen-bond donors (Lipinski definition) is 2. The summed E-state index contributed by atoms with van der Waals surface area (Å²) in [7, 11) is 0. The second-order valence-corrected chi connectivity index (χ2v) is 3.71. The van der Waals surface area contributed by atoms with E-state index in [0.29, 0.717) is 0 Å². The van der Waals surface area contributed by atoms with Gasteiger partial charge in [-0.15, -0.1) is 11.3 Å². The van der Waals surface area contributed by atoms with Crippen molar-refractivity contribution in [2.24, 2.45) is 5.84 Å². The highest BCUT2D eigenvalue weighted by Gasteiger charge is 2.06. The van der Waals surface area contributed by atoms with Gasteiger partial charge in [0, 0.05) is 11.1 Å². The number of nitrogens with two attached hydrogens (primary N) is 1. The van der Waals surface area contributed by atoms with Crippen LogP contribution in [0.5, 0.6) is 0 Å². The molecule has 0 aliphatic rings. The van der Waals surface area contributed by atoms with E-state index in [4.69, 9.17) is 5.84 Å². The van der Waals surface area contributed by atoms with Crippen molar-refractivity contribution in [3.8, 4) is 0 Å². The molecule has 0 aromatic carbocycles. The lowest BCUT2D eigenvalue weighted by Gasteiger charge is -2.08. The number of allylic oxidation sites excluding steroid dienone is 1. The summed E-state index contributed by atoms with van der Waals surface area (Å²) in [4.78, 5) is 5.13. The van der Waals surface area contributed by atoms with Gasteiger partial charge < -0.3 is 0 Å². The van der Waals surface area contributed by atoms with E-state index in [1.807, 2.05) is 20.0 Å². The number of nitrogens with one attached hydrogen (secondary N) is 1. The predicted molar refractivity (Wildman–Crippen MR) is 51.6 cm³/mol. The van der Waals surface area contributed by atoms with E-state index in [9.17, 15) is 0 Å². The first kappa shape index (κ1) is 9.38. The molecule has 1 rings (SSSR count). The van der Waals surface area contributed by atoms with E-state index in [0.717, 1.165) is 4.88 Å². The monoisotopic (exact) mass is 183 g/mol. The molecule has 1 unspecified atom stereocenters. The molecule has 0 spiro atoms. The van der Waals surface area contributed by atoms with Gasteiger partial charge in [-0.3, -0.25) is 10.8 Å². The number of nitrogens with zero attached hydrogens (tertiary/aromatic N) is 1. The molecule has 66 valence electrons. The average Bonchev–Trinajstić information content (AvgIpc) is 2.51. The van der Waals surface area contributed by atoms with Gasteiger partial charge in [0.25, 0.3) is 0 Å². The lowest BCUT2D eigenvalue weighted by Crippen LogP contribution is -2.26. The zero-order chi connectivity index (χ0) is 8.97. The summed E-state index contributed by atoms with van der Waals surface area (Å²) in [5.74, 6) is 5.40. The highest BCUT2D eigenvalue weighted by Crippen LogP contribution is 2.18. The number of hydrogen-bond acceptors (Lipinski definition) is 4. The Hall–Kier alpha value is -0.710. The van der Waals surface area contributed by atoms with Gasteiger partial charge in [0.15, 0.2) is 0 Å². The quantitative estimate of drug-likeness (QED) is 0.425. The molecule has 0 radical (unpaired) electrons. The molecule has 0 amide bonds. The summed E-state index contributed by atoms with van der Waals surface area (Å²) in [5, 5.41) is 0. The minimum atomic E-state index is 0.0995. The van der Waals surface area contributed by atoms with Crippen molar-refractivity contribution in [1.82, 2.24) is 10.4 Å². The van der Waals surface area contributed by atoms with Crippen LogP contribution in [0, 0.1) is 0 Å². The van der Waals surface area contributed by atoms with Gasteiger partial charge in [-0.05, 0) is 13.8 Å². The van der Waals surface area contributed by atoms with Gasteiger partial charge in [0.05, 0.1) is 11.6 Å². The summed E-state index contributed by atoms with van der Waals surface area (Å²) in [6, 6.07) is 0.0995. The van der Waals surface area contributed by atoms with Crippen LogP contribution in [0.1, 0.15) is 24.8 Å². The van der Waals surface area contributed by atoms with Crippen LogP contribution in [0.2, 0.25) is 0 Å². The fourth-order valence-corrected chi connectivity index (χ4v) is 1.57. The van der Waals surface area contributed by atoms with E-state index in [1.54, 1.807) is 16.8 Å². The van der Waals surface area contributed by atoms with E-state index < -0.39 is 0 Å². The molecule has 12 heavy (non-hydrogen) atoms. The molecule has 1 atom stereocenters. The molecule has 0 saturated heterocycles. The molecule has 1 aromatic rings. The average molecular weight is 183 g/mol. The molecule has 0 fully saturated rings. The molecule has 1 heterocycles. The fourth-order valence-electron chi connectivity index (χ4n) is 0.925. The summed E-state index contributed by atoms with van der Waals surface area (Å²) >= 11 is 1.60. The Labute approximate surface area is 76.3 Å². The molecule has 3 N–H and O–H groups in total. The number of aromatic nitrogens is 1. The van der Waals surface area contributed by atoms with Crippen LogP contribution in [0.25, 0.3) is 0 Å². The minimum absolute atomic E-state index is 0.0995. The summed E-state index contributed by atoms with van der Waals surface area (Å²) in [6.07, 6.45) is 3.90. The van der Waals surface area contributed by atoms with Crippen LogP contribution in [-0.2, 0) is 0 Å². The van der Waals surface area contributed by atoms with Crippen LogP contribution in [0.3, 0.4) is 0 Å². The minimum Gasteiger partial charge on any atom is -0.271 e. The maximum atomic E-state index is 5.40. The van der Waals surface area contributed by atoms with Gasteiger partial charge in [0.2, 0.25) is 0 Å². The maximum Gasteiger partial charge on any atom is 0.0795 e. The highest BCUT2D eigenvalue weighted by molar-refractivity contribution is 7.09. The van der Waals surface area contributed by atoms with Gasteiger partial charge in [-0.25, -0.2) is 5.43 Å².